The van der Waals surface area contributed by atoms with E-state index in [2.05, 4.69) is 30.9 Å². The van der Waals surface area contributed by atoms with Gasteiger partial charge in [0.25, 0.3) is 11.8 Å². The lowest BCUT2D eigenvalue weighted by Crippen LogP contribution is -2.16. The largest absolute Gasteiger partial charge is 0.416 e. The molecule has 0 aliphatic carbocycles. The first-order chi connectivity index (χ1) is 17.2. The van der Waals surface area contributed by atoms with Gasteiger partial charge in [0.15, 0.2) is 0 Å². The maximum absolute atomic E-state index is 13.0. The van der Waals surface area contributed by atoms with Gasteiger partial charge in [-0.1, -0.05) is 12.1 Å². The number of carbonyl (C=O) groups excluding carboxylic acids is 2. The summed E-state index contributed by atoms with van der Waals surface area (Å²) in [5.74, 6) is -0.424. The van der Waals surface area contributed by atoms with E-state index in [0.29, 0.717) is 23.5 Å². The SMILES string of the molecule is Cc1ccc(NC(=O)c2cccc(C(F)(F)F)c2)cc1C(=O)Nc1cncc(NCc2ncc[nH]2)c1. The number of benzene rings is 2. The van der Waals surface area contributed by atoms with Crippen molar-refractivity contribution in [3.8, 4) is 0 Å². The maximum atomic E-state index is 13.0. The second-order valence-corrected chi connectivity index (χ2v) is 7.87. The molecule has 4 aromatic rings. The standard InChI is InChI=1S/C25H21F3N6O2/c1-15-5-6-18(33-23(35)16-3-2-4-17(9-16)25(26,27)28)11-21(15)24(36)34-20-10-19(12-29-13-20)32-14-22-30-7-8-31-22/h2-13,32H,14H2,1H3,(H,30,31)(H,33,35)(H,34,36). The van der Waals surface area contributed by atoms with Crippen LogP contribution in [0.15, 0.2) is 73.3 Å². The van der Waals surface area contributed by atoms with Gasteiger partial charge in [-0.05, 0) is 48.9 Å². The van der Waals surface area contributed by atoms with Crippen LogP contribution in [0.2, 0.25) is 0 Å². The molecule has 0 fully saturated rings. The highest BCUT2D eigenvalue weighted by molar-refractivity contribution is 6.08. The predicted molar refractivity (Wildman–Crippen MR) is 129 cm³/mol. The summed E-state index contributed by atoms with van der Waals surface area (Å²) in [5, 5.41) is 8.46. The van der Waals surface area contributed by atoms with Gasteiger partial charge in [0.2, 0.25) is 0 Å². The van der Waals surface area contributed by atoms with E-state index in [-0.39, 0.29) is 16.8 Å². The zero-order valence-electron chi connectivity index (χ0n) is 19.0. The molecule has 0 saturated carbocycles. The van der Waals surface area contributed by atoms with Crippen molar-refractivity contribution in [3.63, 3.8) is 0 Å². The van der Waals surface area contributed by atoms with Crippen molar-refractivity contribution in [2.75, 3.05) is 16.0 Å². The first-order valence-electron chi connectivity index (χ1n) is 10.8. The molecular weight excluding hydrogens is 473 g/mol. The summed E-state index contributed by atoms with van der Waals surface area (Å²) in [6.45, 7) is 2.17. The van der Waals surface area contributed by atoms with Crippen LogP contribution in [0.4, 0.5) is 30.2 Å². The van der Waals surface area contributed by atoms with E-state index in [4.69, 9.17) is 0 Å². The maximum Gasteiger partial charge on any atom is 0.416 e. The lowest BCUT2D eigenvalue weighted by Gasteiger charge is -2.12. The summed E-state index contributed by atoms with van der Waals surface area (Å²) in [6, 6.07) is 10.5. The zero-order chi connectivity index (χ0) is 25.7. The second-order valence-electron chi connectivity index (χ2n) is 7.87. The number of amides is 2. The fraction of sp³-hybridized carbons (Fsp3) is 0.120. The number of aromatic nitrogens is 3. The molecule has 11 heteroatoms. The minimum Gasteiger partial charge on any atom is -0.377 e. The minimum atomic E-state index is -4.56. The summed E-state index contributed by atoms with van der Waals surface area (Å²) in [7, 11) is 0. The zero-order valence-corrected chi connectivity index (χ0v) is 19.0. The fourth-order valence-electron chi connectivity index (χ4n) is 3.37. The highest BCUT2D eigenvalue weighted by atomic mass is 19.4. The van der Waals surface area contributed by atoms with Gasteiger partial charge in [0.1, 0.15) is 5.82 Å². The van der Waals surface area contributed by atoms with Crippen molar-refractivity contribution in [1.82, 2.24) is 15.0 Å². The van der Waals surface area contributed by atoms with Crippen molar-refractivity contribution >= 4 is 28.9 Å². The third-order valence-corrected chi connectivity index (χ3v) is 5.20. The first-order valence-corrected chi connectivity index (χ1v) is 10.8. The molecule has 0 unspecified atom stereocenters. The van der Waals surface area contributed by atoms with Crippen LogP contribution in [0.3, 0.4) is 0 Å². The monoisotopic (exact) mass is 494 g/mol. The van der Waals surface area contributed by atoms with Crippen LogP contribution < -0.4 is 16.0 Å². The summed E-state index contributed by atoms with van der Waals surface area (Å²) in [4.78, 5) is 36.7. The number of hydrogen-bond acceptors (Lipinski definition) is 5. The fourth-order valence-corrected chi connectivity index (χ4v) is 3.37. The molecule has 0 aliphatic rings. The molecule has 8 nitrogen and oxygen atoms in total. The topological polar surface area (TPSA) is 112 Å². The second kappa shape index (κ2) is 10.3. The quantitative estimate of drug-likeness (QED) is 0.280. The van der Waals surface area contributed by atoms with E-state index in [0.717, 1.165) is 24.0 Å². The predicted octanol–water partition coefficient (Wildman–Crippen LogP) is 5.25. The molecule has 4 rings (SSSR count). The summed E-state index contributed by atoms with van der Waals surface area (Å²) in [5.41, 5.74) is 1.23. The van der Waals surface area contributed by atoms with Gasteiger partial charge in [-0.15, -0.1) is 0 Å². The number of halogens is 3. The molecule has 0 atom stereocenters. The van der Waals surface area contributed by atoms with Gasteiger partial charge in [0.05, 0.1) is 35.9 Å². The number of aryl methyl sites for hydroxylation is 1. The number of imidazole rings is 1. The smallest absolute Gasteiger partial charge is 0.377 e. The van der Waals surface area contributed by atoms with Crippen molar-refractivity contribution in [3.05, 3.63) is 101 Å². The molecule has 36 heavy (non-hydrogen) atoms. The van der Waals surface area contributed by atoms with Crippen LogP contribution in [0.25, 0.3) is 0 Å². The highest BCUT2D eigenvalue weighted by Gasteiger charge is 2.30. The Bertz CT molecular complexity index is 1390. The molecule has 2 aromatic heterocycles. The van der Waals surface area contributed by atoms with E-state index < -0.39 is 23.6 Å². The number of rotatable bonds is 7. The van der Waals surface area contributed by atoms with E-state index in [1.165, 1.54) is 18.3 Å². The molecule has 2 heterocycles. The lowest BCUT2D eigenvalue weighted by molar-refractivity contribution is -0.137. The summed E-state index contributed by atoms with van der Waals surface area (Å²) in [6.07, 6.45) is 1.89. The van der Waals surface area contributed by atoms with E-state index in [1.54, 1.807) is 43.7 Å². The Morgan fingerprint density at radius 2 is 1.72 bits per heavy atom. The van der Waals surface area contributed by atoms with Gasteiger partial charge in [-0.3, -0.25) is 14.6 Å². The van der Waals surface area contributed by atoms with E-state index >= 15 is 0 Å². The Labute approximate surface area is 204 Å². The summed E-state index contributed by atoms with van der Waals surface area (Å²) < 4.78 is 38.9. The summed E-state index contributed by atoms with van der Waals surface area (Å²) >= 11 is 0. The third kappa shape index (κ3) is 6.06. The number of pyridine rings is 1. The number of alkyl halides is 3. The lowest BCUT2D eigenvalue weighted by atomic mass is 10.1. The van der Waals surface area contributed by atoms with Crippen molar-refractivity contribution in [2.45, 2.75) is 19.6 Å². The highest BCUT2D eigenvalue weighted by Crippen LogP contribution is 2.29. The molecular formula is C25H21F3N6O2. The Balaban J connectivity index is 1.45. The van der Waals surface area contributed by atoms with Crippen LogP contribution in [0, 0.1) is 6.92 Å². The third-order valence-electron chi connectivity index (χ3n) is 5.20. The number of aromatic amines is 1. The van der Waals surface area contributed by atoms with Crippen molar-refractivity contribution in [1.29, 1.82) is 0 Å². The molecule has 0 spiro atoms. The molecule has 0 saturated heterocycles. The van der Waals surface area contributed by atoms with Gasteiger partial charge in [0, 0.05) is 29.2 Å². The first kappa shape index (κ1) is 24.5. The Kier molecular flexibility index (Phi) is 7.00. The molecule has 2 aromatic carbocycles. The van der Waals surface area contributed by atoms with Gasteiger partial charge < -0.3 is 20.9 Å². The normalized spacial score (nSPS) is 11.1. The number of carbonyl (C=O) groups is 2. The van der Waals surface area contributed by atoms with Gasteiger partial charge in [-0.25, -0.2) is 4.98 Å². The number of nitrogens with zero attached hydrogens (tertiary/aromatic N) is 2. The average Bonchev–Trinajstić information content (AvgIpc) is 3.37. The Morgan fingerprint density at radius 1 is 0.944 bits per heavy atom. The van der Waals surface area contributed by atoms with Gasteiger partial charge in [-0.2, -0.15) is 13.2 Å². The molecule has 0 radical (unpaired) electrons. The number of anilines is 3. The van der Waals surface area contributed by atoms with Gasteiger partial charge >= 0.3 is 6.18 Å². The molecule has 0 aliphatic heterocycles. The van der Waals surface area contributed by atoms with Crippen LogP contribution in [-0.2, 0) is 12.7 Å². The van der Waals surface area contributed by atoms with Crippen molar-refractivity contribution < 1.29 is 22.8 Å². The number of nitrogens with one attached hydrogen (secondary N) is 4. The number of hydrogen-bond donors (Lipinski definition) is 4. The van der Waals surface area contributed by atoms with Crippen LogP contribution in [0.1, 0.15) is 37.7 Å². The molecule has 184 valence electrons. The van der Waals surface area contributed by atoms with Crippen LogP contribution >= 0.6 is 0 Å². The van der Waals surface area contributed by atoms with E-state index in [9.17, 15) is 22.8 Å². The van der Waals surface area contributed by atoms with Crippen LogP contribution in [0.5, 0.6) is 0 Å². The molecule has 0 bridgehead atoms. The average molecular weight is 494 g/mol. The number of H-pyrrole nitrogens is 1. The Morgan fingerprint density at radius 3 is 2.47 bits per heavy atom. The van der Waals surface area contributed by atoms with Crippen LogP contribution in [-0.4, -0.2) is 26.8 Å². The minimum absolute atomic E-state index is 0.152. The van der Waals surface area contributed by atoms with E-state index in [1.807, 2.05) is 0 Å². The molecule has 2 amide bonds. The van der Waals surface area contributed by atoms with Crippen molar-refractivity contribution in [2.24, 2.45) is 0 Å². The Hall–Kier alpha value is -4.67. The molecule has 4 N–H and O–H groups in total.